The van der Waals surface area contributed by atoms with Crippen molar-refractivity contribution in [1.29, 1.82) is 0 Å². The van der Waals surface area contributed by atoms with Crippen LogP contribution >= 0.6 is 11.8 Å². The maximum atomic E-state index is 13.0. The number of nitrogens with zero attached hydrogens (tertiary/aromatic N) is 2. The number of amidine groups is 1. The van der Waals surface area contributed by atoms with Gasteiger partial charge in [-0.2, -0.15) is 0 Å². The van der Waals surface area contributed by atoms with E-state index in [0.717, 1.165) is 5.56 Å². The van der Waals surface area contributed by atoms with Crippen molar-refractivity contribution >= 4 is 40.6 Å². The van der Waals surface area contributed by atoms with E-state index in [0.29, 0.717) is 47.0 Å². The maximum absolute atomic E-state index is 13.0. The third-order valence-electron chi connectivity index (χ3n) is 4.40. The zero-order valence-electron chi connectivity index (χ0n) is 17.6. The van der Waals surface area contributed by atoms with Gasteiger partial charge in [-0.15, -0.1) is 0 Å². The van der Waals surface area contributed by atoms with Crippen molar-refractivity contribution in [3.05, 3.63) is 58.5 Å². The second kappa shape index (κ2) is 10.2. The van der Waals surface area contributed by atoms with Gasteiger partial charge in [0.2, 0.25) is 0 Å². The van der Waals surface area contributed by atoms with E-state index in [1.807, 2.05) is 39.0 Å². The molecule has 1 N–H and O–H groups in total. The van der Waals surface area contributed by atoms with E-state index >= 15 is 0 Å². The second-order valence-electron chi connectivity index (χ2n) is 6.48. The number of hydrogen-bond donors (Lipinski definition) is 1. The molecule has 1 aliphatic heterocycles. The Kier molecular flexibility index (Phi) is 7.36. The highest BCUT2D eigenvalue weighted by atomic mass is 32.2. The fourth-order valence-electron chi connectivity index (χ4n) is 3.00. The quantitative estimate of drug-likeness (QED) is 0.593. The van der Waals surface area contributed by atoms with Crippen molar-refractivity contribution in [1.82, 2.24) is 4.90 Å². The predicted octanol–water partition coefficient (Wildman–Crippen LogP) is 4.81. The number of aliphatic imine (C=N–C) groups is 1. The number of amides is 1. The highest BCUT2D eigenvalue weighted by Gasteiger charge is 2.32. The molecule has 0 aliphatic carbocycles. The van der Waals surface area contributed by atoms with Crippen LogP contribution in [0.4, 0.5) is 5.69 Å². The number of hydrogen-bond acceptors (Lipinski definition) is 6. The summed E-state index contributed by atoms with van der Waals surface area (Å²) >= 11 is 1.25. The Morgan fingerprint density at radius 2 is 1.90 bits per heavy atom. The lowest BCUT2D eigenvalue weighted by Gasteiger charge is -2.12. The summed E-state index contributed by atoms with van der Waals surface area (Å²) in [5.74, 6) is 0.159. The van der Waals surface area contributed by atoms with E-state index < -0.39 is 5.97 Å². The van der Waals surface area contributed by atoms with Gasteiger partial charge in [0, 0.05) is 18.2 Å². The number of benzene rings is 2. The first-order valence-electron chi connectivity index (χ1n) is 9.99. The van der Waals surface area contributed by atoms with Crippen molar-refractivity contribution in [3.8, 4) is 11.5 Å². The molecule has 0 atom stereocenters. The molecule has 162 valence electrons. The molecule has 1 saturated heterocycles. The number of rotatable bonds is 8. The Hall–Kier alpha value is -3.26. The normalized spacial score (nSPS) is 16.2. The minimum Gasteiger partial charge on any atom is -0.494 e. The van der Waals surface area contributed by atoms with Crippen LogP contribution in [0, 0.1) is 0 Å². The van der Waals surface area contributed by atoms with E-state index in [2.05, 4.69) is 4.99 Å². The second-order valence-corrected chi connectivity index (χ2v) is 7.48. The topological polar surface area (TPSA) is 88.4 Å². The molecule has 1 amide bonds. The summed E-state index contributed by atoms with van der Waals surface area (Å²) in [5, 5.41) is 9.70. The SMILES string of the molecule is CCOc1ccc(C=C2SC(=Nc3cccc(C(=O)O)c3)N(CC)C2=O)c(OCC)c1. The van der Waals surface area contributed by atoms with Gasteiger partial charge in [-0.3, -0.25) is 9.69 Å². The van der Waals surface area contributed by atoms with Crippen LogP contribution in [0.3, 0.4) is 0 Å². The first kappa shape index (κ1) is 22.4. The van der Waals surface area contributed by atoms with Crippen LogP contribution in [0.1, 0.15) is 36.7 Å². The van der Waals surface area contributed by atoms with Gasteiger partial charge in [0.25, 0.3) is 5.91 Å². The molecule has 0 spiro atoms. The molecule has 31 heavy (non-hydrogen) atoms. The lowest BCUT2D eigenvalue weighted by atomic mass is 10.1. The Balaban J connectivity index is 1.95. The van der Waals surface area contributed by atoms with Gasteiger partial charge in [0.15, 0.2) is 5.17 Å². The van der Waals surface area contributed by atoms with Crippen LogP contribution in [0.5, 0.6) is 11.5 Å². The number of likely N-dealkylation sites (N-methyl/N-ethyl adjacent to an activating group) is 1. The molecule has 8 heteroatoms. The number of ether oxygens (including phenoxy) is 2. The standard InChI is InChI=1S/C23H24N2O5S/c1-4-25-21(26)20(13-15-10-11-18(29-5-2)14-19(15)30-6-3)31-23(25)24-17-9-7-8-16(12-17)22(27)28/h7-14H,4-6H2,1-3H3,(H,27,28). The largest absolute Gasteiger partial charge is 0.494 e. The van der Waals surface area contributed by atoms with Gasteiger partial charge in [-0.25, -0.2) is 9.79 Å². The van der Waals surface area contributed by atoms with Crippen LogP contribution in [-0.4, -0.2) is 46.8 Å². The average molecular weight is 441 g/mol. The molecular weight excluding hydrogens is 416 g/mol. The zero-order valence-corrected chi connectivity index (χ0v) is 18.4. The number of carbonyl (C=O) groups is 2. The monoisotopic (exact) mass is 440 g/mol. The fourth-order valence-corrected chi connectivity index (χ4v) is 4.05. The summed E-state index contributed by atoms with van der Waals surface area (Å²) in [6.45, 7) is 7.16. The van der Waals surface area contributed by atoms with Crippen molar-refractivity contribution in [2.75, 3.05) is 19.8 Å². The van der Waals surface area contributed by atoms with Crippen LogP contribution in [0.15, 0.2) is 52.4 Å². The van der Waals surface area contributed by atoms with Crippen molar-refractivity contribution < 1.29 is 24.2 Å². The molecule has 0 radical (unpaired) electrons. The third kappa shape index (κ3) is 5.27. The van der Waals surface area contributed by atoms with Crippen LogP contribution in [0.25, 0.3) is 6.08 Å². The molecule has 7 nitrogen and oxygen atoms in total. The Bertz CT molecular complexity index is 1050. The molecule has 1 aliphatic rings. The Labute approximate surface area is 185 Å². The Morgan fingerprint density at radius 1 is 1.13 bits per heavy atom. The number of carbonyl (C=O) groups excluding carboxylic acids is 1. The predicted molar refractivity (Wildman–Crippen MR) is 122 cm³/mol. The summed E-state index contributed by atoms with van der Waals surface area (Å²) < 4.78 is 11.3. The van der Waals surface area contributed by atoms with Crippen LogP contribution in [0.2, 0.25) is 0 Å². The fraction of sp³-hybridized carbons (Fsp3) is 0.261. The first-order chi connectivity index (χ1) is 15.0. The number of thioether (sulfide) groups is 1. The lowest BCUT2D eigenvalue weighted by molar-refractivity contribution is -0.122. The molecule has 0 aromatic heterocycles. The minimum atomic E-state index is -1.02. The molecule has 0 saturated carbocycles. The smallest absolute Gasteiger partial charge is 0.335 e. The van der Waals surface area contributed by atoms with Gasteiger partial charge in [-0.1, -0.05) is 6.07 Å². The third-order valence-corrected chi connectivity index (χ3v) is 5.41. The summed E-state index contributed by atoms with van der Waals surface area (Å²) in [4.78, 5) is 30.8. The summed E-state index contributed by atoms with van der Waals surface area (Å²) in [6.07, 6.45) is 1.78. The van der Waals surface area contributed by atoms with E-state index in [-0.39, 0.29) is 11.5 Å². The molecule has 3 rings (SSSR count). The summed E-state index contributed by atoms with van der Waals surface area (Å²) in [5.41, 5.74) is 1.39. The van der Waals surface area contributed by atoms with E-state index in [4.69, 9.17) is 9.47 Å². The van der Waals surface area contributed by atoms with E-state index in [1.165, 1.54) is 23.9 Å². The molecule has 2 aromatic rings. The van der Waals surface area contributed by atoms with Gasteiger partial charge >= 0.3 is 5.97 Å². The number of aromatic carboxylic acids is 1. The van der Waals surface area contributed by atoms with Gasteiger partial charge in [0.05, 0.1) is 29.4 Å². The van der Waals surface area contributed by atoms with Gasteiger partial charge in [-0.05, 0) is 68.9 Å². The highest BCUT2D eigenvalue weighted by Crippen LogP contribution is 2.36. The maximum Gasteiger partial charge on any atom is 0.335 e. The van der Waals surface area contributed by atoms with Crippen molar-refractivity contribution in [2.24, 2.45) is 4.99 Å². The van der Waals surface area contributed by atoms with E-state index in [1.54, 1.807) is 23.1 Å². The molecule has 1 fully saturated rings. The first-order valence-corrected chi connectivity index (χ1v) is 10.8. The molecular formula is C23H24N2O5S. The number of carboxylic acid groups (broad SMARTS) is 1. The molecule has 0 bridgehead atoms. The average Bonchev–Trinajstić information content (AvgIpc) is 3.04. The van der Waals surface area contributed by atoms with Crippen LogP contribution in [-0.2, 0) is 4.79 Å². The summed E-state index contributed by atoms with van der Waals surface area (Å²) in [6, 6.07) is 11.8. The molecule has 2 aromatic carbocycles. The molecule has 0 unspecified atom stereocenters. The van der Waals surface area contributed by atoms with Gasteiger partial charge < -0.3 is 14.6 Å². The van der Waals surface area contributed by atoms with Crippen molar-refractivity contribution in [2.45, 2.75) is 20.8 Å². The highest BCUT2D eigenvalue weighted by molar-refractivity contribution is 8.18. The van der Waals surface area contributed by atoms with Crippen LogP contribution < -0.4 is 9.47 Å². The Morgan fingerprint density at radius 3 is 2.58 bits per heavy atom. The van der Waals surface area contributed by atoms with Crippen molar-refractivity contribution in [3.63, 3.8) is 0 Å². The number of carboxylic acids is 1. The summed E-state index contributed by atoms with van der Waals surface area (Å²) in [7, 11) is 0. The zero-order chi connectivity index (χ0) is 22.4. The minimum absolute atomic E-state index is 0.144. The molecule has 1 heterocycles. The van der Waals surface area contributed by atoms with E-state index in [9.17, 15) is 14.7 Å². The van der Waals surface area contributed by atoms with Gasteiger partial charge in [0.1, 0.15) is 11.5 Å². The lowest BCUT2D eigenvalue weighted by Crippen LogP contribution is -2.28.